The van der Waals surface area contributed by atoms with Crippen molar-refractivity contribution in [1.82, 2.24) is 5.32 Å². The Balaban J connectivity index is 1.65. The number of nitrogens with one attached hydrogen (secondary N) is 2. The molecule has 0 aliphatic heterocycles. The molecule has 0 heterocycles. The second kappa shape index (κ2) is 6.60. The van der Waals surface area contributed by atoms with Crippen molar-refractivity contribution < 1.29 is 4.79 Å². The van der Waals surface area contributed by atoms with Crippen molar-refractivity contribution in [2.45, 2.75) is 32.7 Å². The molecular weight excluding hydrogens is 310 g/mol. The summed E-state index contributed by atoms with van der Waals surface area (Å²) in [7, 11) is 0. The monoisotopic (exact) mass is 333 g/mol. The molecule has 4 nitrogen and oxygen atoms in total. The zero-order chi connectivity index (χ0) is 18.0. The molecule has 0 saturated carbocycles. The molecule has 1 aliphatic carbocycles. The van der Waals surface area contributed by atoms with Crippen LogP contribution in [0.3, 0.4) is 0 Å². The second-order valence-electron chi connectivity index (χ2n) is 7.08. The summed E-state index contributed by atoms with van der Waals surface area (Å²) in [4.78, 5) is 12.2. The normalized spacial score (nSPS) is 14.2. The highest BCUT2D eigenvalue weighted by Gasteiger charge is 2.29. The van der Waals surface area contributed by atoms with Gasteiger partial charge in [0.1, 0.15) is 5.54 Å². The number of hydrogen-bond donors (Lipinski definition) is 2. The first-order chi connectivity index (χ1) is 11.9. The minimum Gasteiger partial charge on any atom is -0.376 e. The maximum Gasteiger partial charge on any atom is 0.240 e. The Bertz CT molecular complexity index is 850. The van der Waals surface area contributed by atoms with Crippen molar-refractivity contribution >= 4 is 11.6 Å². The van der Waals surface area contributed by atoms with Crippen LogP contribution >= 0.6 is 0 Å². The second-order valence-corrected chi connectivity index (χ2v) is 7.08. The summed E-state index contributed by atoms with van der Waals surface area (Å²) in [6, 6.07) is 16.8. The number of rotatable bonds is 5. The SMILES string of the molecule is CC(C)C(C)(C#N)NC(=O)CNc1ccc2c(c1)Cc1ccccc1-2. The number of carbonyl (C=O) groups excluding carboxylic acids is 1. The van der Waals surface area contributed by atoms with Gasteiger partial charge in [-0.2, -0.15) is 5.26 Å². The Hall–Kier alpha value is -2.80. The Kier molecular flexibility index (Phi) is 4.50. The maximum absolute atomic E-state index is 12.2. The van der Waals surface area contributed by atoms with Gasteiger partial charge >= 0.3 is 0 Å². The number of hydrogen-bond acceptors (Lipinski definition) is 3. The van der Waals surface area contributed by atoms with Gasteiger partial charge in [0.15, 0.2) is 0 Å². The average Bonchev–Trinajstić information content (AvgIpc) is 2.97. The van der Waals surface area contributed by atoms with Crippen LogP contribution in [0.4, 0.5) is 5.69 Å². The summed E-state index contributed by atoms with van der Waals surface area (Å²) in [5.41, 5.74) is 5.25. The molecule has 0 saturated heterocycles. The van der Waals surface area contributed by atoms with Crippen LogP contribution in [0.1, 0.15) is 31.9 Å². The van der Waals surface area contributed by atoms with E-state index in [9.17, 15) is 10.1 Å². The molecule has 128 valence electrons. The summed E-state index contributed by atoms with van der Waals surface area (Å²) >= 11 is 0. The third-order valence-corrected chi connectivity index (χ3v) is 5.03. The van der Waals surface area contributed by atoms with Crippen molar-refractivity contribution in [3.8, 4) is 17.2 Å². The minimum atomic E-state index is -0.849. The van der Waals surface area contributed by atoms with Crippen LogP contribution in [0.2, 0.25) is 0 Å². The predicted molar refractivity (Wildman–Crippen MR) is 100 cm³/mol. The molecule has 0 aromatic heterocycles. The van der Waals surface area contributed by atoms with Gasteiger partial charge in [-0.3, -0.25) is 4.79 Å². The van der Waals surface area contributed by atoms with E-state index >= 15 is 0 Å². The van der Waals surface area contributed by atoms with Gasteiger partial charge in [0.2, 0.25) is 5.91 Å². The van der Waals surface area contributed by atoms with Gasteiger partial charge in [0.25, 0.3) is 0 Å². The maximum atomic E-state index is 12.2. The first kappa shape index (κ1) is 17.0. The largest absolute Gasteiger partial charge is 0.376 e. The highest BCUT2D eigenvalue weighted by atomic mass is 16.2. The number of fused-ring (bicyclic) bond motifs is 3. The first-order valence-corrected chi connectivity index (χ1v) is 8.60. The van der Waals surface area contributed by atoms with E-state index in [4.69, 9.17) is 0 Å². The Labute approximate surface area is 148 Å². The lowest BCUT2D eigenvalue weighted by Crippen LogP contribution is -2.50. The number of anilines is 1. The zero-order valence-corrected chi connectivity index (χ0v) is 14.9. The lowest BCUT2D eigenvalue weighted by Gasteiger charge is -2.27. The Morgan fingerprint density at radius 2 is 1.92 bits per heavy atom. The molecule has 2 aromatic carbocycles. The Morgan fingerprint density at radius 1 is 1.20 bits per heavy atom. The van der Waals surface area contributed by atoms with E-state index in [0.29, 0.717) is 0 Å². The predicted octanol–water partition coefficient (Wildman–Crippen LogP) is 3.72. The van der Waals surface area contributed by atoms with Crippen LogP contribution in [0.5, 0.6) is 0 Å². The summed E-state index contributed by atoms with van der Waals surface area (Å²) < 4.78 is 0. The van der Waals surface area contributed by atoms with Gasteiger partial charge in [-0.25, -0.2) is 0 Å². The van der Waals surface area contributed by atoms with Gasteiger partial charge in [0.05, 0.1) is 12.6 Å². The van der Waals surface area contributed by atoms with E-state index in [1.807, 2.05) is 19.9 Å². The van der Waals surface area contributed by atoms with Crippen LogP contribution < -0.4 is 10.6 Å². The average molecular weight is 333 g/mol. The molecule has 0 spiro atoms. The van der Waals surface area contributed by atoms with E-state index in [1.165, 1.54) is 22.3 Å². The fourth-order valence-electron chi connectivity index (χ4n) is 3.07. The molecule has 3 rings (SSSR count). The number of benzene rings is 2. The topological polar surface area (TPSA) is 64.9 Å². The van der Waals surface area contributed by atoms with Crippen LogP contribution in [0.25, 0.3) is 11.1 Å². The van der Waals surface area contributed by atoms with Crippen LogP contribution in [0, 0.1) is 17.2 Å². The van der Waals surface area contributed by atoms with Gasteiger partial charge < -0.3 is 10.6 Å². The van der Waals surface area contributed by atoms with Gasteiger partial charge in [0, 0.05) is 5.69 Å². The van der Waals surface area contributed by atoms with Gasteiger partial charge in [-0.15, -0.1) is 0 Å². The fraction of sp³-hybridized carbons (Fsp3) is 0.333. The highest BCUT2D eigenvalue weighted by Crippen LogP contribution is 2.37. The zero-order valence-electron chi connectivity index (χ0n) is 14.9. The molecule has 1 amide bonds. The summed E-state index contributed by atoms with van der Waals surface area (Å²) in [5, 5.41) is 15.3. The number of amides is 1. The van der Waals surface area contributed by atoms with E-state index in [2.05, 4.69) is 53.1 Å². The van der Waals surface area contributed by atoms with E-state index < -0.39 is 5.54 Å². The standard InChI is InChI=1S/C21H23N3O/c1-14(2)21(3,13-22)24-20(25)12-23-17-8-9-19-16(11-17)10-15-6-4-5-7-18(15)19/h4-9,11,14,23H,10,12H2,1-3H3,(H,24,25). The van der Waals surface area contributed by atoms with Crippen molar-refractivity contribution in [3.63, 3.8) is 0 Å². The van der Waals surface area contributed by atoms with Crippen molar-refractivity contribution in [2.75, 3.05) is 11.9 Å². The quantitative estimate of drug-likeness (QED) is 0.748. The van der Waals surface area contributed by atoms with Crippen molar-refractivity contribution in [1.29, 1.82) is 5.26 Å². The Morgan fingerprint density at radius 3 is 2.64 bits per heavy atom. The van der Waals surface area contributed by atoms with Crippen molar-refractivity contribution in [3.05, 3.63) is 53.6 Å². The lowest BCUT2D eigenvalue weighted by atomic mass is 9.90. The van der Waals surface area contributed by atoms with Crippen LogP contribution in [0.15, 0.2) is 42.5 Å². The highest BCUT2D eigenvalue weighted by molar-refractivity contribution is 5.83. The molecule has 1 atom stereocenters. The minimum absolute atomic E-state index is 0.0416. The van der Waals surface area contributed by atoms with Gasteiger partial charge in [-0.1, -0.05) is 44.2 Å². The molecule has 0 bridgehead atoms. The molecule has 4 heteroatoms. The number of nitrogens with zero attached hydrogens (tertiary/aromatic N) is 1. The molecule has 1 unspecified atom stereocenters. The summed E-state index contributed by atoms with van der Waals surface area (Å²) in [6.45, 7) is 5.75. The van der Waals surface area contributed by atoms with Crippen LogP contribution in [-0.4, -0.2) is 18.0 Å². The number of nitriles is 1. The van der Waals surface area contributed by atoms with E-state index in [0.717, 1.165) is 12.1 Å². The molecular formula is C21H23N3O. The lowest BCUT2D eigenvalue weighted by molar-refractivity contribution is -0.121. The third-order valence-electron chi connectivity index (χ3n) is 5.03. The number of carbonyl (C=O) groups is 1. The third kappa shape index (κ3) is 3.36. The molecule has 0 fully saturated rings. The fourth-order valence-corrected chi connectivity index (χ4v) is 3.07. The van der Waals surface area contributed by atoms with E-state index in [1.54, 1.807) is 6.92 Å². The first-order valence-electron chi connectivity index (χ1n) is 8.60. The van der Waals surface area contributed by atoms with Crippen molar-refractivity contribution in [2.24, 2.45) is 5.92 Å². The summed E-state index contributed by atoms with van der Waals surface area (Å²) in [5.74, 6) is -0.138. The molecule has 1 aliphatic rings. The molecule has 25 heavy (non-hydrogen) atoms. The molecule has 2 aromatic rings. The molecule has 0 radical (unpaired) electrons. The molecule has 2 N–H and O–H groups in total. The van der Waals surface area contributed by atoms with Crippen LogP contribution in [-0.2, 0) is 11.2 Å². The van der Waals surface area contributed by atoms with E-state index in [-0.39, 0.29) is 18.4 Å². The van der Waals surface area contributed by atoms with Gasteiger partial charge in [-0.05, 0) is 53.6 Å². The smallest absolute Gasteiger partial charge is 0.240 e. The summed E-state index contributed by atoms with van der Waals surface area (Å²) in [6.07, 6.45) is 0.924.